The Hall–Kier alpha value is -2.32. The second-order valence-electron chi connectivity index (χ2n) is 5.03. The van der Waals surface area contributed by atoms with Crippen molar-refractivity contribution in [3.05, 3.63) is 41.7 Å². The Morgan fingerprint density at radius 2 is 1.86 bits per heavy atom. The largest absolute Gasteiger partial charge is 0.324 e. The summed E-state index contributed by atoms with van der Waals surface area (Å²) < 4.78 is 22.4. The third kappa shape index (κ3) is 2.97. The van der Waals surface area contributed by atoms with Crippen LogP contribution in [-0.2, 0) is 16.4 Å². The van der Waals surface area contributed by atoms with Gasteiger partial charge >= 0.3 is 0 Å². The molecule has 0 saturated carbocycles. The SMILES string of the molecule is NS(=O)(=O)c1ccc(Nc2ncc3c(n2)CCCC3=O)cc1. The van der Waals surface area contributed by atoms with Crippen LogP contribution in [0.5, 0.6) is 0 Å². The molecule has 0 bridgehead atoms. The van der Waals surface area contributed by atoms with Gasteiger partial charge in [-0.3, -0.25) is 4.79 Å². The highest BCUT2D eigenvalue weighted by Gasteiger charge is 2.19. The maximum Gasteiger partial charge on any atom is 0.238 e. The van der Waals surface area contributed by atoms with Gasteiger partial charge in [0.2, 0.25) is 16.0 Å². The Labute approximate surface area is 127 Å². The molecule has 0 unspecified atom stereocenters. The number of aromatic nitrogens is 2. The lowest BCUT2D eigenvalue weighted by Crippen LogP contribution is -2.14. The highest BCUT2D eigenvalue weighted by Crippen LogP contribution is 2.21. The maximum absolute atomic E-state index is 11.7. The number of aryl methyl sites for hydroxylation is 1. The molecule has 1 aromatic carbocycles. The number of nitrogens with zero attached hydrogens (tertiary/aromatic N) is 2. The molecule has 114 valence electrons. The summed E-state index contributed by atoms with van der Waals surface area (Å²) in [4.78, 5) is 20.2. The van der Waals surface area contributed by atoms with Gasteiger partial charge in [-0.25, -0.2) is 23.5 Å². The van der Waals surface area contributed by atoms with Gasteiger partial charge in [0.15, 0.2) is 5.78 Å². The van der Waals surface area contributed by atoms with Gasteiger partial charge in [0.05, 0.1) is 16.2 Å². The second-order valence-corrected chi connectivity index (χ2v) is 6.59. The number of hydrogen-bond acceptors (Lipinski definition) is 6. The van der Waals surface area contributed by atoms with Gasteiger partial charge in [-0.1, -0.05) is 0 Å². The number of benzene rings is 1. The first kappa shape index (κ1) is 14.6. The van der Waals surface area contributed by atoms with E-state index < -0.39 is 10.0 Å². The third-order valence-corrected chi connectivity index (χ3v) is 4.35. The molecule has 1 aromatic heterocycles. The minimum absolute atomic E-state index is 0.0370. The highest BCUT2D eigenvalue weighted by atomic mass is 32.2. The molecule has 0 amide bonds. The minimum Gasteiger partial charge on any atom is -0.324 e. The van der Waals surface area contributed by atoms with Crippen LogP contribution in [0.25, 0.3) is 0 Å². The molecule has 0 spiro atoms. The van der Waals surface area contributed by atoms with Crippen molar-refractivity contribution < 1.29 is 13.2 Å². The van der Waals surface area contributed by atoms with E-state index in [0.29, 0.717) is 23.6 Å². The molecule has 0 fully saturated rings. The lowest BCUT2D eigenvalue weighted by atomic mass is 9.96. The Balaban J connectivity index is 1.83. The molecule has 2 aromatic rings. The molecule has 0 atom stereocenters. The molecule has 1 aliphatic rings. The summed E-state index contributed by atoms with van der Waals surface area (Å²) in [7, 11) is -3.71. The number of Topliss-reactive ketones (excluding diaryl/α,β-unsaturated/α-hetero) is 1. The fourth-order valence-electron chi connectivity index (χ4n) is 2.31. The fourth-order valence-corrected chi connectivity index (χ4v) is 2.82. The maximum atomic E-state index is 11.7. The van der Waals surface area contributed by atoms with E-state index in [1.54, 1.807) is 12.1 Å². The van der Waals surface area contributed by atoms with Crippen LogP contribution in [0.4, 0.5) is 11.6 Å². The predicted molar refractivity (Wildman–Crippen MR) is 80.4 cm³/mol. The minimum atomic E-state index is -3.71. The van der Waals surface area contributed by atoms with E-state index in [-0.39, 0.29) is 10.7 Å². The summed E-state index contributed by atoms with van der Waals surface area (Å²) in [5.41, 5.74) is 1.96. The van der Waals surface area contributed by atoms with Gasteiger partial charge in [0, 0.05) is 18.3 Å². The van der Waals surface area contributed by atoms with Crippen LogP contribution in [0.2, 0.25) is 0 Å². The van der Waals surface area contributed by atoms with E-state index >= 15 is 0 Å². The zero-order valence-corrected chi connectivity index (χ0v) is 12.4. The lowest BCUT2D eigenvalue weighted by Gasteiger charge is -2.14. The Morgan fingerprint density at radius 1 is 1.14 bits per heavy atom. The first-order valence-electron chi connectivity index (χ1n) is 6.72. The summed E-state index contributed by atoms with van der Waals surface area (Å²) in [5.74, 6) is 0.446. The Morgan fingerprint density at radius 3 is 2.55 bits per heavy atom. The Bertz CT molecular complexity index is 832. The quantitative estimate of drug-likeness (QED) is 0.883. The normalized spacial score (nSPS) is 14.5. The van der Waals surface area contributed by atoms with Crippen LogP contribution in [-0.4, -0.2) is 24.2 Å². The molecule has 3 rings (SSSR count). The predicted octanol–water partition coefficient (Wildman–Crippen LogP) is 1.39. The van der Waals surface area contributed by atoms with E-state index in [4.69, 9.17) is 5.14 Å². The second kappa shape index (κ2) is 5.47. The highest BCUT2D eigenvalue weighted by molar-refractivity contribution is 7.89. The standard InChI is InChI=1S/C14H14N4O3S/c15-22(20,21)10-6-4-9(5-7-10)17-14-16-8-11-12(18-14)2-1-3-13(11)19/h4-8H,1-3H2,(H2,15,20,21)(H,16,17,18). The number of primary sulfonamides is 1. The van der Waals surface area contributed by atoms with Gasteiger partial charge in [0.25, 0.3) is 0 Å². The molecular weight excluding hydrogens is 304 g/mol. The number of nitrogens with one attached hydrogen (secondary N) is 1. The van der Waals surface area contributed by atoms with Crippen LogP contribution >= 0.6 is 0 Å². The van der Waals surface area contributed by atoms with E-state index in [1.807, 2.05) is 0 Å². The Kier molecular flexibility index (Phi) is 3.63. The number of nitrogens with two attached hydrogens (primary N) is 1. The van der Waals surface area contributed by atoms with E-state index in [2.05, 4.69) is 15.3 Å². The first-order valence-corrected chi connectivity index (χ1v) is 8.27. The molecule has 0 radical (unpaired) electrons. The average molecular weight is 318 g/mol. The summed E-state index contributed by atoms with van der Waals surface area (Å²) in [6.45, 7) is 0. The molecule has 22 heavy (non-hydrogen) atoms. The number of carbonyl (C=O) groups is 1. The van der Waals surface area contributed by atoms with Crippen molar-refractivity contribution in [3.63, 3.8) is 0 Å². The zero-order chi connectivity index (χ0) is 15.7. The number of rotatable bonds is 3. The number of carbonyl (C=O) groups excluding carboxylic acids is 1. The molecule has 7 nitrogen and oxygen atoms in total. The van der Waals surface area contributed by atoms with Gasteiger partial charge in [-0.2, -0.15) is 0 Å². The van der Waals surface area contributed by atoms with Gasteiger partial charge in [0.1, 0.15) is 0 Å². The lowest BCUT2D eigenvalue weighted by molar-refractivity contribution is 0.0971. The molecule has 1 heterocycles. The van der Waals surface area contributed by atoms with Crippen molar-refractivity contribution in [2.24, 2.45) is 5.14 Å². The van der Waals surface area contributed by atoms with Crippen LogP contribution < -0.4 is 10.5 Å². The number of fused-ring (bicyclic) bond motifs is 1. The fraction of sp³-hybridized carbons (Fsp3) is 0.214. The van der Waals surface area contributed by atoms with Crippen LogP contribution in [0, 0.1) is 0 Å². The molecule has 1 aliphatic carbocycles. The monoisotopic (exact) mass is 318 g/mol. The smallest absolute Gasteiger partial charge is 0.238 e. The third-order valence-electron chi connectivity index (χ3n) is 3.42. The average Bonchev–Trinajstić information content (AvgIpc) is 2.47. The van der Waals surface area contributed by atoms with E-state index in [9.17, 15) is 13.2 Å². The summed E-state index contributed by atoms with van der Waals surface area (Å²) in [6.07, 6.45) is 3.62. The zero-order valence-electron chi connectivity index (χ0n) is 11.6. The first-order chi connectivity index (χ1) is 10.4. The van der Waals surface area contributed by atoms with Crippen LogP contribution in [0.3, 0.4) is 0 Å². The number of sulfonamides is 1. The number of anilines is 2. The molecule has 8 heteroatoms. The van der Waals surface area contributed by atoms with Crippen molar-refractivity contribution in [1.82, 2.24) is 9.97 Å². The summed E-state index contributed by atoms with van der Waals surface area (Å²) in [6, 6.07) is 5.96. The summed E-state index contributed by atoms with van der Waals surface area (Å²) >= 11 is 0. The molecular formula is C14H14N4O3S. The molecule has 0 saturated heterocycles. The molecule has 0 aliphatic heterocycles. The summed E-state index contributed by atoms with van der Waals surface area (Å²) in [5, 5.41) is 8.02. The topological polar surface area (TPSA) is 115 Å². The van der Waals surface area contributed by atoms with Crippen molar-refractivity contribution in [1.29, 1.82) is 0 Å². The molecule has 3 N–H and O–H groups in total. The van der Waals surface area contributed by atoms with E-state index in [0.717, 1.165) is 18.5 Å². The number of hydrogen-bond donors (Lipinski definition) is 2. The van der Waals surface area contributed by atoms with E-state index in [1.165, 1.54) is 18.3 Å². The number of ketones is 1. The van der Waals surface area contributed by atoms with Gasteiger partial charge < -0.3 is 5.32 Å². The van der Waals surface area contributed by atoms with Crippen molar-refractivity contribution in [2.75, 3.05) is 5.32 Å². The van der Waals surface area contributed by atoms with Crippen LogP contribution in [0.1, 0.15) is 28.9 Å². The van der Waals surface area contributed by atoms with Crippen molar-refractivity contribution in [3.8, 4) is 0 Å². The van der Waals surface area contributed by atoms with Crippen LogP contribution in [0.15, 0.2) is 35.4 Å². The van der Waals surface area contributed by atoms with Gasteiger partial charge in [-0.15, -0.1) is 0 Å². The van der Waals surface area contributed by atoms with Crippen molar-refractivity contribution >= 4 is 27.4 Å². The van der Waals surface area contributed by atoms with Crippen molar-refractivity contribution in [2.45, 2.75) is 24.2 Å². The van der Waals surface area contributed by atoms with Gasteiger partial charge in [-0.05, 0) is 37.1 Å².